The fourth-order valence-electron chi connectivity index (χ4n) is 3.27. The number of amides is 1. The first-order chi connectivity index (χ1) is 14.2. The molecule has 0 spiro atoms. The molecule has 0 fully saturated rings. The van der Waals surface area contributed by atoms with Gasteiger partial charge in [-0.25, -0.2) is 4.98 Å². The van der Waals surface area contributed by atoms with Crippen LogP contribution in [0.15, 0.2) is 67.0 Å². The van der Waals surface area contributed by atoms with E-state index < -0.39 is 0 Å². The smallest absolute Gasteiger partial charge is 0.244 e. The van der Waals surface area contributed by atoms with Crippen LogP contribution in [0.4, 0.5) is 5.69 Å². The van der Waals surface area contributed by atoms with E-state index in [0.29, 0.717) is 5.65 Å². The van der Waals surface area contributed by atoms with E-state index in [9.17, 15) is 4.79 Å². The second-order valence-corrected chi connectivity index (χ2v) is 6.72. The van der Waals surface area contributed by atoms with Gasteiger partial charge in [0.25, 0.3) is 0 Å². The predicted octanol–water partition coefficient (Wildman–Crippen LogP) is 3.09. The SMILES string of the molecule is Cc1nnc2ccc(-c3ccc(NC(=O)Cn4cnc5ccccc54)cc3)nn12. The van der Waals surface area contributed by atoms with E-state index >= 15 is 0 Å². The van der Waals surface area contributed by atoms with Gasteiger partial charge in [0, 0.05) is 11.3 Å². The minimum Gasteiger partial charge on any atom is -0.325 e. The topological polar surface area (TPSA) is 90.0 Å². The number of aryl methyl sites for hydroxylation is 1. The van der Waals surface area contributed by atoms with Crippen LogP contribution in [-0.2, 0) is 11.3 Å². The maximum atomic E-state index is 12.4. The Labute approximate surface area is 165 Å². The van der Waals surface area contributed by atoms with Crippen molar-refractivity contribution in [1.82, 2.24) is 29.4 Å². The van der Waals surface area contributed by atoms with E-state index in [4.69, 9.17) is 0 Å². The third-order valence-electron chi connectivity index (χ3n) is 4.72. The van der Waals surface area contributed by atoms with Crippen molar-refractivity contribution in [2.24, 2.45) is 0 Å². The number of anilines is 1. The Kier molecular flexibility index (Phi) is 4.02. The van der Waals surface area contributed by atoms with Crippen LogP contribution >= 0.6 is 0 Å². The minimum atomic E-state index is -0.111. The number of carbonyl (C=O) groups is 1. The van der Waals surface area contributed by atoms with Gasteiger partial charge in [-0.05, 0) is 43.3 Å². The Balaban J connectivity index is 1.32. The van der Waals surface area contributed by atoms with Gasteiger partial charge in [-0.2, -0.15) is 9.61 Å². The number of nitrogens with zero attached hydrogens (tertiary/aromatic N) is 6. The first-order valence-electron chi connectivity index (χ1n) is 9.16. The molecule has 0 aliphatic carbocycles. The molecular formula is C21H17N7O. The standard InChI is InChI=1S/C21H17N7O/c1-14-24-25-20-11-10-17(26-28(14)20)15-6-8-16(9-7-15)23-21(29)12-27-13-22-18-4-2-3-5-19(18)27/h2-11,13H,12H2,1H3,(H,23,29). The molecule has 0 atom stereocenters. The summed E-state index contributed by atoms with van der Waals surface area (Å²) in [6, 6.07) is 19.1. The molecule has 5 rings (SSSR count). The van der Waals surface area contributed by atoms with Crippen molar-refractivity contribution in [2.75, 3.05) is 5.32 Å². The summed E-state index contributed by atoms with van der Waals surface area (Å²) in [5, 5.41) is 15.6. The van der Waals surface area contributed by atoms with Gasteiger partial charge < -0.3 is 9.88 Å². The molecule has 0 unspecified atom stereocenters. The van der Waals surface area contributed by atoms with Crippen LogP contribution in [0.25, 0.3) is 27.9 Å². The van der Waals surface area contributed by atoms with Gasteiger partial charge in [0.1, 0.15) is 6.54 Å². The number of hydrogen-bond donors (Lipinski definition) is 1. The molecule has 0 aliphatic heterocycles. The summed E-state index contributed by atoms with van der Waals surface area (Å²) in [5.41, 5.74) is 5.00. The number of imidazole rings is 1. The third kappa shape index (κ3) is 3.20. The largest absolute Gasteiger partial charge is 0.325 e. The van der Waals surface area contributed by atoms with E-state index in [-0.39, 0.29) is 12.5 Å². The molecule has 0 saturated carbocycles. The summed E-state index contributed by atoms with van der Waals surface area (Å²) in [5.74, 6) is 0.623. The lowest BCUT2D eigenvalue weighted by atomic mass is 10.1. The molecule has 8 heteroatoms. The zero-order valence-electron chi connectivity index (χ0n) is 15.6. The molecule has 1 amide bonds. The monoisotopic (exact) mass is 383 g/mol. The molecule has 0 bridgehead atoms. The quantitative estimate of drug-likeness (QED) is 0.515. The van der Waals surface area contributed by atoms with Crippen LogP contribution < -0.4 is 5.32 Å². The van der Waals surface area contributed by atoms with Crippen LogP contribution in [0.5, 0.6) is 0 Å². The molecular weight excluding hydrogens is 366 g/mol. The number of nitrogens with one attached hydrogen (secondary N) is 1. The molecule has 1 N–H and O–H groups in total. The first-order valence-corrected chi connectivity index (χ1v) is 9.16. The van der Waals surface area contributed by atoms with Crippen molar-refractivity contribution in [2.45, 2.75) is 13.5 Å². The average molecular weight is 383 g/mol. The summed E-state index contributed by atoms with van der Waals surface area (Å²) in [6.45, 7) is 2.06. The van der Waals surface area contributed by atoms with Gasteiger partial charge in [0.05, 0.1) is 23.1 Å². The lowest BCUT2D eigenvalue weighted by molar-refractivity contribution is -0.116. The summed E-state index contributed by atoms with van der Waals surface area (Å²) in [6.07, 6.45) is 1.68. The summed E-state index contributed by atoms with van der Waals surface area (Å²) in [4.78, 5) is 16.8. The van der Waals surface area contributed by atoms with Crippen molar-refractivity contribution in [3.05, 3.63) is 72.8 Å². The zero-order chi connectivity index (χ0) is 19.8. The van der Waals surface area contributed by atoms with Crippen molar-refractivity contribution < 1.29 is 4.79 Å². The summed E-state index contributed by atoms with van der Waals surface area (Å²) < 4.78 is 3.54. The predicted molar refractivity (Wildman–Crippen MR) is 109 cm³/mol. The molecule has 2 aromatic carbocycles. The van der Waals surface area contributed by atoms with Gasteiger partial charge in [0.15, 0.2) is 11.5 Å². The van der Waals surface area contributed by atoms with E-state index in [1.807, 2.05) is 72.2 Å². The number of hydrogen-bond acceptors (Lipinski definition) is 5. The minimum absolute atomic E-state index is 0.111. The van der Waals surface area contributed by atoms with Crippen molar-refractivity contribution in [3.63, 3.8) is 0 Å². The Morgan fingerprint density at radius 1 is 1.00 bits per heavy atom. The maximum Gasteiger partial charge on any atom is 0.244 e. The number of aromatic nitrogens is 6. The molecule has 3 aromatic heterocycles. The van der Waals surface area contributed by atoms with E-state index in [1.54, 1.807) is 10.8 Å². The lowest BCUT2D eigenvalue weighted by Crippen LogP contribution is -2.18. The zero-order valence-corrected chi connectivity index (χ0v) is 15.6. The Morgan fingerprint density at radius 3 is 2.69 bits per heavy atom. The highest BCUT2D eigenvalue weighted by atomic mass is 16.1. The lowest BCUT2D eigenvalue weighted by Gasteiger charge is -2.08. The molecule has 142 valence electrons. The summed E-state index contributed by atoms with van der Waals surface area (Å²) in [7, 11) is 0. The summed E-state index contributed by atoms with van der Waals surface area (Å²) >= 11 is 0. The third-order valence-corrected chi connectivity index (χ3v) is 4.72. The van der Waals surface area contributed by atoms with Crippen molar-refractivity contribution in [3.8, 4) is 11.3 Å². The second-order valence-electron chi connectivity index (χ2n) is 6.72. The fraction of sp³-hybridized carbons (Fsp3) is 0.0952. The van der Waals surface area contributed by atoms with Crippen LogP contribution in [-0.4, -0.2) is 35.3 Å². The van der Waals surface area contributed by atoms with Gasteiger partial charge in [-0.1, -0.05) is 24.3 Å². The maximum absolute atomic E-state index is 12.4. The number of para-hydroxylation sites is 2. The Morgan fingerprint density at radius 2 is 1.83 bits per heavy atom. The highest BCUT2D eigenvalue weighted by Crippen LogP contribution is 2.20. The molecule has 3 heterocycles. The van der Waals surface area contributed by atoms with Crippen molar-refractivity contribution >= 4 is 28.3 Å². The molecule has 29 heavy (non-hydrogen) atoms. The highest BCUT2D eigenvalue weighted by Gasteiger charge is 2.09. The highest BCUT2D eigenvalue weighted by molar-refractivity contribution is 5.91. The normalized spacial score (nSPS) is 11.2. The molecule has 8 nitrogen and oxygen atoms in total. The Hall–Kier alpha value is -4.07. The molecule has 0 aliphatic rings. The van der Waals surface area contributed by atoms with Gasteiger partial charge >= 0.3 is 0 Å². The van der Waals surface area contributed by atoms with Crippen molar-refractivity contribution in [1.29, 1.82) is 0 Å². The Bertz CT molecular complexity index is 1330. The fourth-order valence-corrected chi connectivity index (χ4v) is 3.27. The number of benzene rings is 2. The second kappa shape index (κ2) is 6.83. The van der Waals surface area contributed by atoms with Crippen LogP contribution in [0.2, 0.25) is 0 Å². The van der Waals surface area contributed by atoms with E-state index in [0.717, 1.165) is 33.8 Å². The average Bonchev–Trinajstić information content (AvgIpc) is 3.32. The molecule has 5 aromatic rings. The number of rotatable bonds is 4. The number of fused-ring (bicyclic) bond motifs is 2. The van der Waals surface area contributed by atoms with E-state index in [1.165, 1.54) is 0 Å². The number of carbonyl (C=O) groups excluding carboxylic acids is 1. The molecule has 0 saturated heterocycles. The first kappa shape index (κ1) is 17.1. The van der Waals surface area contributed by atoms with Gasteiger partial charge in [-0.3, -0.25) is 4.79 Å². The van der Waals surface area contributed by atoms with Crippen LogP contribution in [0.1, 0.15) is 5.82 Å². The van der Waals surface area contributed by atoms with Gasteiger partial charge in [-0.15, -0.1) is 10.2 Å². The molecule has 0 radical (unpaired) electrons. The van der Waals surface area contributed by atoms with Crippen LogP contribution in [0, 0.1) is 6.92 Å². The van der Waals surface area contributed by atoms with E-state index in [2.05, 4.69) is 25.6 Å². The van der Waals surface area contributed by atoms with Gasteiger partial charge in [0.2, 0.25) is 5.91 Å². The van der Waals surface area contributed by atoms with Crippen LogP contribution in [0.3, 0.4) is 0 Å².